The normalized spacial score (nSPS) is 10.9. The average Bonchev–Trinajstić information content (AvgIpc) is 2.76. The van der Waals surface area contributed by atoms with Gasteiger partial charge >= 0.3 is 0 Å². The average molecular weight is 310 g/mol. The standard InChI is InChI=1S/C13H16BrN3O/c1-3-6-17-12(8-18)15-16-13(17)11-7-10(14)5-4-9(11)2/h4-5,7,18H,3,6,8H2,1-2H3. The van der Waals surface area contributed by atoms with Crippen LogP contribution in [0.5, 0.6) is 0 Å². The fraction of sp³-hybridized carbons (Fsp3) is 0.385. The number of hydrogen-bond donors (Lipinski definition) is 1. The Bertz CT molecular complexity index is 551. The lowest BCUT2D eigenvalue weighted by Gasteiger charge is -2.10. The molecule has 0 amide bonds. The van der Waals surface area contributed by atoms with Gasteiger partial charge in [0.05, 0.1) is 0 Å². The summed E-state index contributed by atoms with van der Waals surface area (Å²) in [5.74, 6) is 1.44. The molecule has 0 atom stereocenters. The third kappa shape index (κ3) is 2.47. The Hall–Kier alpha value is -1.20. The monoisotopic (exact) mass is 309 g/mol. The highest BCUT2D eigenvalue weighted by molar-refractivity contribution is 9.10. The van der Waals surface area contributed by atoms with Crippen LogP contribution in [0.25, 0.3) is 11.4 Å². The van der Waals surface area contributed by atoms with Gasteiger partial charge in [-0.1, -0.05) is 28.9 Å². The van der Waals surface area contributed by atoms with Crippen molar-refractivity contribution in [3.63, 3.8) is 0 Å². The lowest BCUT2D eigenvalue weighted by atomic mass is 10.1. The van der Waals surface area contributed by atoms with E-state index in [0.29, 0.717) is 5.82 Å². The third-order valence-corrected chi connectivity index (χ3v) is 3.35. The number of aliphatic hydroxyl groups excluding tert-OH is 1. The van der Waals surface area contributed by atoms with Gasteiger partial charge in [0.15, 0.2) is 11.6 Å². The molecule has 1 aromatic carbocycles. The second-order valence-corrected chi connectivity index (χ2v) is 5.12. The Morgan fingerprint density at radius 1 is 1.33 bits per heavy atom. The van der Waals surface area contributed by atoms with Gasteiger partial charge in [-0.25, -0.2) is 0 Å². The van der Waals surface area contributed by atoms with Crippen molar-refractivity contribution in [2.45, 2.75) is 33.4 Å². The molecule has 5 heteroatoms. The molecule has 0 saturated carbocycles. The summed E-state index contributed by atoms with van der Waals surface area (Å²) in [5, 5.41) is 17.6. The van der Waals surface area contributed by atoms with Gasteiger partial charge in [-0.05, 0) is 31.0 Å². The summed E-state index contributed by atoms with van der Waals surface area (Å²) in [6.45, 7) is 4.87. The number of halogens is 1. The molecule has 2 aromatic rings. The summed E-state index contributed by atoms with van der Waals surface area (Å²) < 4.78 is 2.99. The van der Waals surface area contributed by atoms with Gasteiger partial charge in [0, 0.05) is 16.6 Å². The van der Waals surface area contributed by atoms with Crippen LogP contribution in [0.4, 0.5) is 0 Å². The summed E-state index contributed by atoms with van der Waals surface area (Å²) in [7, 11) is 0. The molecule has 1 heterocycles. The highest BCUT2D eigenvalue weighted by atomic mass is 79.9. The maximum Gasteiger partial charge on any atom is 0.164 e. The molecule has 0 spiro atoms. The van der Waals surface area contributed by atoms with E-state index in [9.17, 15) is 5.11 Å². The SMILES string of the molecule is CCCn1c(CO)nnc1-c1cc(Br)ccc1C. The quantitative estimate of drug-likeness (QED) is 0.944. The molecule has 2 rings (SSSR count). The number of nitrogens with zero attached hydrogens (tertiary/aromatic N) is 3. The Kier molecular flexibility index (Phi) is 4.14. The van der Waals surface area contributed by atoms with Crippen molar-refractivity contribution in [2.24, 2.45) is 0 Å². The number of aliphatic hydroxyl groups is 1. The number of aryl methyl sites for hydroxylation is 1. The second-order valence-electron chi connectivity index (χ2n) is 4.21. The van der Waals surface area contributed by atoms with Crippen molar-refractivity contribution >= 4 is 15.9 Å². The van der Waals surface area contributed by atoms with E-state index in [-0.39, 0.29) is 6.61 Å². The van der Waals surface area contributed by atoms with Gasteiger partial charge < -0.3 is 9.67 Å². The van der Waals surface area contributed by atoms with Crippen LogP contribution in [0.3, 0.4) is 0 Å². The van der Waals surface area contributed by atoms with E-state index in [1.807, 2.05) is 29.7 Å². The van der Waals surface area contributed by atoms with Crippen molar-refractivity contribution in [3.05, 3.63) is 34.1 Å². The maximum absolute atomic E-state index is 9.30. The first-order valence-electron chi connectivity index (χ1n) is 5.96. The lowest BCUT2D eigenvalue weighted by Crippen LogP contribution is -2.05. The number of rotatable bonds is 4. The van der Waals surface area contributed by atoms with E-state index in [2.05, 4.69) is 33.1 Å². The Balaban J connectivity index is 2.56. The lowest BCUT2D eigenvalue weighted by molar-refractivity contribution is 0.264. The minimum atomic E-state index is -0.0833. The predicted molar refractivity (Wildman–Crippen MR) is 74.1 cm³/mol. The molecule has 0 aliphatic rings. The summed E-state index contributed by atoms with van der Waals surface area (Å²) >= 11 is 3.47. The molecule has 0 radical (unpaired) electrons. The summed E-state index contributed by atoms with van der Waals surface area (Å²) in [6, 6.07) is 6.09. The molecule has 1 aromatic heterocycles. The molecule has 0 bridgehead atoms. The zero-order chi connectivity index (χ0) is 13.1. The zero-order valence-corrected chi connectivity index (χ0v) is 12.1. The molecule has 18 heavy (non-hydrogen) atoms. The van der Waals surface area contributed by atoms with Gasteiger partial charge in [-0.3, -0.25) is 0 Å². The molecule has 96 valence electrons. The van der Waals surface area contributed by atoms with E-state index in [1.54, 1.807) is 0 Å². The number of hydrogen-bond acceptors (Lipinski definition) is 3. The van der Waals surface area contributed by atoms with Crippen molar-refractivity contribution < 1.29 is 5.11 Å². The topological polar surface area (TPSA) is 50.9 Å². The maximum atomic E-state index is 9.30. The van der Waals surface area contributed by atoms with Crippen molar-refractivity contribution in [1.82, 2.24) is 14.8 Å². The highest BCUT2D eigenvalue weighted by Gasteiger charge is 2.14. The third-order valence-electron chi connectivity index (χ3n) is 2.86. The Morgan fingerprint density at radius 2 is 2.11 bits per heavy atom. The van der Waals surface area contributed by atoms with Crippen molar-refractivity contribution in [3.8, 4) is 11.4 Å². The van der Waals surface area contributed by atoms with E-state index in [4.69, 9.17) is 0 Å². The molecule has 0 saturated heterocycles. The second kappa shape index (κ2) is 5.63. The molecule has 4 nitrogen and oxygen atoms in total. The van der Waals surface area contributed by atoms with Gasteiger partial charge in [0.1, 0.15) is 6.61 Å². The van der Waals surface area contributed by atoms with Crippen LogP contribution in [0.2, 0.25) is 0 Å². The largest absolute Gasteiger partial charge is 0.388 e. The smallest absolute Gasteiger partial charge is 0.164 e. The van der Waals surface area contributed by atoms with Gasteiger partial charge in [0.2, 0.25) is 0 Å². The molecule has 0 aliphatic carbocycles. The van der Waals surface area contributed by atoms with E-state index >= 15 is 0 Å². The summed E-state index contributed by atoms with van der Waals surface area (Å²) in [4.78, 5) is 0. The first-order valence-corrected chi connectivity index (χ1v) is 6.76. The first-order chi connectivity index (χ1) is 8.67. The highest BCUT2D eigenvalue weighted by Crippen LogP contribution is 2.26. The minimum absolute atomic E-state index is 0.0833. The van der Waals surface area contributed by atoms with Crippen LogP contribution < -0.4 is 0 Å². The van der Waals surface area contributed by atoms with E-state index in [0.717, 1.165) is 34.4 Å². The molecule has 1 N–H and O–H groups in total. The van der Waals surface area contributed by atoms with Crippen LogP contribution in [0.1, 0.15) is 24.7 Å². The van der Waals surface area contributed by atoms with Gasteiger partial charge in [-0.15, -0.1) is 10.2 Å². The molecular formula is C13H16BrN3O. The zero-order valence-electron chi connectivity index (χ0n) is 10.5. The summed E-state index contributed by atoms with van der Waals surface area (Å²) in [5.41, 5.74) is 2.19. The number of aromatic nitrogens is 3. The van der Waals surface area contributed by atoms with Crippen molar-refractivity contribution in [1.29, 1.82) is 0 Å². The molecule has 0 aliphatic heterocycles. The van der Waals surface area contributed by atoms with E-state index < -0.39 is 0 Å². The van der Waals surface area contributed by atoms with E-state index in [1.165, 1.54) is 0 Å². The van der Waals surface area contributed by atoms with Crippen molar-refractivity contribution in [2.75, 3.05) is 0 Å². The Morgan fingerprint density at radius 3 is 2.78 bits per heavy atom. The van der Waals surface area contributed by atoms with Gasteiger partial charge in [0.25, 0.3) is 0 Å². The van der Waals surface area contributed by atoms with Crippen LogP contribution in [0.15, 0.2) is 22.7 Å². The van der Waals surface area contributed by atoms with Crippen LogP contribution in [-0.4, -0.2) is 19.9 Å². The molecular weight excluding hydrogens is 294 g/mol. The fourth-order valence-corrected chi connectivity index (χ4v) is 2.31. The number of benzene rings is 1. The molecule has 0 fully saturated rings. The minimum Gasteiger partial charge on any atom is -0.388 e. The van der Waals surface area contributed by atoms with Crippen LogP contribution in [0, 0.1) is 6.92 Å². The first kappa shape index (κ1) is 13.2. The van der Waals surface area contributed by atoms with Crippen LogP contribution >= 0.6 is 15.9 Å². The van der Waals surface area contributed by atoms with Gasteiger partial charge in [-0.2, -0.15) is 0 Å². The Labute approximate surface area is 115 Å². The fourth-order valence-electron chi connectivity index (χ4n) is 1.95. The summed E-state index contributed by atoms with van der Waals surface area (Å²) in [6.07, 6.45) is 0.977. The molecule has 0 unspecified atom stereocenters. The van der Waals surface area contributed by atoms with Crippen LogP contribution in [-0.2, 0) is 13.2 Å². The predicted octanol–water partition coefficient (Wildman–Crippen LogP) is 2.92.